The lowest BCUT2D eigenvalue weighted by atomic mass is 9.96. The second kappa shape index (κ2) is 9.37. The van der Waals surface area contributed by atoms with Crippen molar-refractivity contribution in [2.24, 2.45) is 10.9 Å². The van der Waals surface area contributed by atoms with Gasteiger partial charge in [0.05, 0.1) is 12.0 Å². The number of rotatable bonds is 9. The maximum atomic E-state index is 12.6. The van der Waals surface area contributed by atoms with E-state index in [1.807, 2.05) is 20.8 Å². The van der Waals surface area contributed by atoms with Gasteiger partial charge in [0, 0.05) is 31.1 Å². The molecule has 0 amide bonds. The highest BCUT2D eigenvalue weighted by Gasteiger charge is 2.29. The van der Waals surface area contributed by atoms with Crippen LogP contribution in [0.4, 0.5) is 5.82 Å². The van der Waals surface area contributed by atoms with Crippen LogP contribution in [0.1, 0.15) is 32.9 Å². The molecule has 8 nitrogen and oxygen atoms in total. The average molecular weight is 391 g/mol. The summed E-state index contributed by atoms with van der Waals surface area (Å²) >= 11 is 5.72. The van der Waals surface area contributed by atoms with Crippen LogP contribution in [0.15, 0.2) is 12.1 Å². The number of nitro groups is 1. The third-order valence-corrected chi connectivity index (χ3v) is 5.09. The topological polar surface area (TPSA) is 114 Å². The highest BCUT2D eigenvalue weighted by molar-refractivity contribution is 7.53. The first-order chi connectivity index (χ1) is 11.6. The summed E-state index contributed by atoms with van der Waals surface area (Å²) in [6.45, 7) is 6.53. The molecule has 1 atom stereocenters. The van der Waals surface area contributed by atoms with Crippen LogP contribution in [-0.4, -0.2) is 40.2 Å². The largest absolute Gasteiger partial charge is 0.358 e. The predicted octanol–water partition coefficient (Wildman–Crippen LogP) is 3.33. The number of hydrogen-bond acceptors (Lipinski definition) is 4. The van der Waals surface area contributed by atoms with Crippen molar-refractivity contribution < 1.29 is 14.0 Å². The highest BCUT2D eigenvalue weighted by atomic mass is 35.5. The fraction of sp³-hybridized carbons (Fsp3) is 0.600. The van der Waals surface area contributed by atoms with E-state index in [-0.39, 0.29) is 12.4 Å². The maximum absolute atomic E-state index is 12.6. The van der Waals surface area contributed by atoms with E-state index in [0.717, 1.165) is 6.42 Å². The van der Waals surface area contributed by atoms with E-state index < -0.39 is 18.0 Å². The van der Waals surface area contributed by atoms with Gasteiger partial charge in [-0.1, -0.05) is 12.8 Å². The van der Waals surface area contributed by atoms with Crippen LogP contribution in [0.25, 0.3) is 0 Å². The van der Waals surface area contributed by atoms with Crippen LogP contribution in [0.3, 0.4) is 0 Å². The zero-order valence-electron chi connectivity index (χ0n) is 14.6. The molecule has 25 heavy (non-hydrogen) atoms. The third-order valence-electron chi connectivity index (χ3n) is 3.23. The van der Waals surface area contributed by atoms with Crippen molar-refractivity contribution in [2.45, 2.75) is 27.2 Å². The van der Waals surface area contributed by atoms with Crippen LogP contribution in [-0.2, 0) is 9.09 Å². The molecule has 0 aliphatic heterocycles. The standard InChI is InChI=1S/C15H24ClN4O4P/c1-4-10-19(11-9-16)25(17,23)24-12-15(2,3)8-7-13-5-6-14(18-13)20(21)22/h5-6,18H,4,9-12H2,1-3H3,(H2,17,23). The molecular formula is C15H24ClN4O4P. The third kappa shape index (κ3) is 7.18. The molecule has 0 saturated carbocycles. The molecule has 0 fully saturated rings. The number of nitrogens with zero attached hydrogens (tertiary/aromatic N) is 2. The molecule has 0 bridgehead atoms. The van der Waals surface area contributed by atoms with E-state index >= 15 is 0 Å². The molecular weight excluding hydrogens is 367 g/mol. The molecule has 1 unspecified atom stereocenters. The minimum absolute atomic E-state index is 0.0546. The summed E-state index contributed by atoms with van der Waals surface area (Å²) in [6.07, 6.45) is 0.774. The van der Waals surface area contributed by atoms with Crippen LogP contribution in [0, 0.1) is 27.4 Å². The Bertz CT molecular complexity index is 689. The van der Waals surface area contributed by atoms with Gasteiger partial charge in [-0.2, -0.15) is 0 Å². The molecule has 1 heterocycles. The van der Waals surface area contributed by atoms with Crippen molar-refractivity contribution in [1.29, 1.82) is 0 Å². The number of aromatic nitrogens is 1. The van der Waals surface area contributed by atoms with E-state index in [1.54, 1.807) is 4.67 Å². The van der Waals surface area contributed by atoms with Crippen molar-refractivity contribution in [3.8, 4) is 11.8 Å². The lowest BCUT2D eigenvalue weighted by Gasteiger charge is -2.29. The summed E-state index contributed by atoms with van der Waals surface area (Å²) in [4.78, 5) is 12.7. The smallest absolute Gasteiger partial charge is 0.340 e. The molecule has 1 rings (SSSR count). The van der Waals surface area contributed by atoms with Gasteiger partial charge in [-0.15, -0.1) is 11.6 Å². The Morgan fingerprint density at radius 2 is 2.16 bits per heavy atom. The molecule has 1 aromatic heterocycles. The second-order valence-corrected chi connectivity index (χ2v) is 8.46. The Hall–Kier alpha value is -1.36. The summed E-state index contributed by atoms with van der Waals surface area (Å²) < 4.78 is 19.6. The zero-order chi connectivity index (χ0) is 19.1. The lowest BCUT2D eigenvalue weighted by molar-refractivity contribution is -0.389. The van der Waals surface area contributed by atoms with Crippen molar-refractivity contribution in [3.63, 3.8) is 0 Å². The first-order valence-electron chi connectivity index (χ1n) is 7.82. The molecule has 0 radical (unpaired) electrons. The molecule has 140 valence electrons. The van der Waals surface area contributed by atoms with E-state index in [1.165, 1.54) is 12.1 Å². The average Bonchev–Trinajstić information content (AvgIpc) is 3.01. The Labute approximate surface area is 152 Å². The van der Waals surface area contributed by atoms with E-state index in [4.69, 9.17) is 21.6 Å². The Morgan fingerprint density at radius 1 is 1.48 bits per heavy atom. The zero-order valence-corrected chi connectivity index (χ0v) is 16.3. The normalized spacial score (nSPS) is 14.0. The SMILES string of the molecule is CCCN(CCCl)P(N)(=O)OCC(C)(C)C#Cc1ccc([N+](=O)[O-])[nH]1. The van der Waals surface area contributed by atoms with Crippen molar-refractivity contribution >= 4 is 25.1 Å². The summed E-state index contributed by atoms with van der Waals surface area (Å²) in [5.74, 6) is 5.95. The highest BCUT2D eigenvalue weighted by Crippen LogP contribution is 2.43. The first kappa shape index (κ1) is 21.7. The number of aromatic amines is 1. The van der Waals surface area contributed by atoms with Crippen molar-refractivity contribution in [1.82, 2.24) is 9.65 Å². The molecule has 0 spiro atoms. The Morgan fingerprint density at radius 3 is 2.68 bits per heavy atom. The Kier molecular flexibility index (Phi) is 8.13. The number of H-pyrrole nitrogens is 1. The van der Waals surface area contributed by atoms with Crippen LogP contribution < -0.4 is 5.50 Å². The maximum Gasteiger partial charge on any atom is 0.340 e. The number of hydrogen-bond donors (Lipinski definition) is 2. The Balaban J connectivity index is 2.75. The number of alkyl halides is 1. The van der Waals surface area contributed by atoms with Gasteiger partial charge in [-0.05, 0) is 31.1 Å². The van der Waals surface area contributed by atoms with Crippen LogP contribution >= 0.6 is 19.3 Å². The van der Waals surface area contributed by atoms with Gasteiger partial charge >= 0.3 is 13.5 Å². The van der Waals surface area contributed by atoms with Crippen molar-refractivity contribution in [2.75, 3.05) is 25.6 Å². The molecule has 0 saturated heterocycles. The number of nitrogens with two attached hydrogens (primary N) is 1. The van der Waals surface area contributed by atoms with E-state index in [9.17, 15) is 14.7 Å². The minimum Gasteiger partial charge on any atom is -0.358 e. The predicted molar refractivity (Wildman–Crippen MR) is 98.4 cm³/mol. The first-order valence-corrected chi connectivity index (χ1v) is 10.0. The quantitative estimate of drug-likeness (QED) is 0.220. The molecule has 1 aromatic rings. The van der Waals surface area contributed by atoms with Gasteiger partial charge in [0.15, 0.2) is 5.69 Å². The van der Waals surface area contributed by atoms with Crippen LogP contribution in [0.5, 0.6) is 0 Å². The minimum atomic E-state index is -3.45. The molecule has 10 heteroatoms. The van der Waals surface area contributed by atoms with Gasteiger partial charge < -0.3 is 14.6 Å². The van der Waals surface area contributed by atoms with Gasteiger partial charge in [-0.3, -0.25) is 4.57 Å². The van der Waals surface area contributed by atoms with E-state index in [0.29, 0.717) is 24.7 Å². The van der Waals surface area contributed by atoms with Gasteiger partial charge in [0.25, 0.3) is 0 Å². The fourth-order valence-electron chi connectivity index (χ4n) is 1.92. The fourth-order valence-corrected chi connectivity index (χ4v) is 3.77. The van der Waals surface area contributed by atoms with E-state index in [2.05, 4.69) is 16.8 Å². The summed E-state index contributed by atoms with van der Waals surface area (Å²) in [5.41, 5.74) is 5.63. The number of nitrogens with one attached hydrogen (secondary N) is 1. The summed E-state index contributed by atoms with van der Waals surface area (Å²) in [7, 11) is -3.45. The van der Waals surface area contributed by atoms with Gasteiger partial charge in [0.1, 0.15) is 0 Å². The molecule has 0 aliphatic carbocycles. The number of halogens is 1. The second-order valence-electron chi connectivity index (χ2n) is 6.13. The monoisotopic (exact) mass is 390 g/mol. The molecule has 0 aromatic carbocycles. The summed E-state index contributed by atoms with van der Waals surface area (Å²) in [5, 5.41) is 10.6. The van der Waals surface area contributed by atoms with Crippen molar-refractivity contribution in [3.05, 3.63) is 27.9 Å². The molecule has 0 aliphatic rings. The van der Waals surface area contributed by atoms with Gasteiger partial charge in [-0.25, -0.2) is 15.2 Å². The molecule has 3 N–H and O–H groups in total. The van der Waals surface area contributed by atoms with Gasteiger partial charge in [0.2, 0.25) is 0 Å². The lowest BCUT2D eigenvalue weighted by Crippen LogP contribution is -2.30. The van der Waals surface area contributed by atoms with Crippen LogP contribution in [0.2, 0.25) is 0 Å². The summed E-state index contributed by atoms with van der Waals surface area (Å²) in [6, 6.07) is 2.87.